The molecule has 0 N–H and O–H groups in total. The van der Waals surface area contributed by atoms with E-state index < -0.39 is 0 Å². The fourth-order valence-electron chi connectivity index (χ4n) is 10.0. The van der Waals surface area contributed by atoms with Crippen molar-refractivity contribution in [2.24, 2.45) is 58.2 Å². The molecule has 2 saturated carbocycles. The van der Waals surface area contributed by atoms with Crippen LogP contribution in [0.1, 0.15) is 198 Å². The molecule has 0 aromatic heterocycles. The van der Waals surface area contributed by atoms with Crippen molar-refractivity contribution in [3.63, 3.8) is 0 Å². The maximum atomic E-state index is 6.04. The molecule has 43 heavy (non-hydrogen) atoms. The molecule has 2 aliphatic rings. The summed E-state index contributed by atoms with van der Waals surface area (Å²) in [6.07, 6.45) is 27.6. The maximum Gasteiger partial charge on any atom is 0.0582 e. The molecular weight excluding hydrogens is 520 g/mol. The van der Waals surface area contributed by atoms with Crippen LogP contribution < -0.4 is 0 Å². The van der Waals surface area contributed by atoms with E-state index in [-0.39, 0.29) is 0 Å². The molecule has 0 aliphatic heterocycles. The number of unbranched alkanes of at least 4 members (excludes halogenated alkanes) is 1. The van der Waals surface area contributed by atoms with Crippen molar-refractivity contribution in [3.05, 3.63) is 0 Å². The summed E-state index contributed by atoms with van der Waals surface area (Å²) >= 11 is 0. The zero-order valence-electron chi connectivity index (χ0n) is 31.7. The smallest absolute Gasteiger partial charge is 0.0582 e. The molecule has 2 fully saturated rings. The number of hydrogen-bond acceptors (Lipinski definition) is 1. The third kappa shape index (κ3) is 14.5. The first-order chi connectivity index (χ1) is 20.2. The minimum atomic E-state index is 0.423. The van der Waals surface area contributed by atoms with Crippen LogP contribution in [0, 0.1) is 58.2 Å². The quantitative estimate of drug-likeness (QED) is 0.119. The molecule has 0 aromatic rings. The van der Waals surface area contributed by atoms with Crippen LogP contribution in [0.3, 0.4) is 0 Å². The molecule has 1 nitrogen and oxygen atoms in total. The summed E-state index contributed by atoms with van der Waals surface area (Å²) in [5.41, 5.74) is 0.994. The Morgan fingerprint density at radius 2 is 1.05 bits per heavy atom. The summed E-state index contributed by atoms with van der Waals surface area (Å²) in [6.45, 7) is 28.2. The van der Waals surface area contributed by atoms with Gasteiger partial charge in [-0.05, 0) is 97.2 Å². The lowest BCUT2D eigenvalue weighted by Crippen LogP contribution is -2.41. The second-order valence-electron chi connectivity index (χ2n) is 18.3. The van der Waals surface area contributed by atoms with Crippen LogP contribution in [0.15, 0.2) is 0 Å². The molecule has 1 heteroatoms. The monoisotopic (exact) mass is 603 g/mol. The van der Waals surface area contributed by atoms with Gasteiger partial charge in [-0.2, -0.15) is 0 Å². The minimum absolute atomic E-state index is 0.423. The highest BCUT2D eigenvalue weighted by atomic mass is 16.5. The zero-order valence-corrected chi connectivity index (χ0v) is 31.7. The molecule has 2 aliphatic carbocycles. The first-order valence-electron chi connectivity index (χ1n) is 19.9. The Morgan fingerprint density at radius 3 is 1.49 bits per heavy atom. The molecule has 0 saturated heterocycles. The van der Waals surface area contributed by atoms with Gasteiger partial charge in [0.15, 0.2) is 0 Å². The number of ether oxygens (including phenoxy) is 1. The van der Waals surface area contributed by atoms with Gasteiger partial charge in [-0.15, -0.1) is 0 Å². The lowest BCUT2D eigenvalue weighted by Gasteiger charge is -2.46. The van der Waals surface area contributed by atoms with Crippen molar-refractivity contribution in [3.8, 4) is 0 Å². The van der Waals surface area contributed by atoms with E-state index in [1.165, 1.54) is 122 Å². The fraction of sp³-hybridized carbons (Fsp3) is 1.00. The molecule has 0 amide bonds. The van der Waals surface area contributed by atoms with E-state index in [0.29, 0.717) is 16.9 Å². The Hall–Kier alpha value is -0.0400. The van der Waals surface area contributed by atoms with Crippen LogP contribution in [-0.4, -0.2) is 12.7 Å². The van der Waals surface area contributed by atoms with Crippen LogP contribution in [-0.2, 0) is 4.74 Å². The molecule has 9 atom stereocenters. The second-order valence-corrected chi connectivity index (χ2v) is 18.3. The highest BCUT2D eigenvalue weighted by Crippen LogP contribution is 2.48. The Labute approximate surface area is 273 Å². The summed E-state index contributed by atoms with van der Waals surface area (Å²) in [5.74, 6) is 7.17. The molecule has 2 rings (SSSR count). The standard InChI is InChI=1S/C42H82O/c1-12-43-38-30-37(7)40(42(10,11)31-38)28-26-35(5)23-16-21-33(3)19-14-13-18-32(2)20-15-22-34(4)25-27-39-36(6)24-17-29-41(39,8)9/h32-40H,12-31H2,1-11H3/t32?,33?,34?,35?,36?,37?,38-,39?,40?/m1/s1. The molecule has 0 aromatic carbocycles. The van der Waals surface area contributed by atoms with Crippen LogP contribution in [0.4, 0.5) is 0 Å². The Kier molecular flexibility index (Phi) is 17.8. The van der Waals surface area contributed by atoms with E-state index in [1.807, 2.05) is 0 Å². The van der Waals surface area contributed by atoms with Gasteiger partial charge in [0.1, 0.15) is 0 Å². The van der Waals surface area contributed by atoms with E-state index in [1.54, 1.807) is 0 Å². The molecular formula is C42H82O. The molecule has 0 spiro atoms. The van der Waals surface area contributed by atoms with Gasteiger partial charge >= 0.3 is 0 Å². The summed E-state index contributed by atoms with van der Waals surface area (Å²) < 4.78 is 6.04. The Morgan fingerprint density at radius 1 is 0.605 bits per heavy atom. The molecule has 0 radical (unpaired) electrons. The Bertz CT molecular complexity index is 708. The predicted molar refractivity (Wildman–Crippen MR) is 193 cm³/mol. The van der Waals surface area contributed by atoms with E-state index in [0.717, 1.165) is 54.0 Å². The van der Waals surface area contributed by atoms with Crippen molar-refractivity contribution in [2.45, 2.75) is 204 Å². The molecule has 256 valence electrons. The summed E-state index contributed by atoms with van der Waals surface area (Å²) in [5, 5.41) is 0. The van der Waals surface area contributed by atoms with Crippen LogP contribution >= 0.6 is 0 Å². The lowest BCUT2D eigenvalue weighted by molar-refractivity contribution is -0.0541. The number of hydrogen-bond donors (Lipinski definition) is 0. The van der Waals surface area contributed by atoms with Gasteiger partial charge in [0, 0.05) is 6.61 Å². The van der Waals surface area contributed by atoms with Crippen molar-refractivity contribution in [1.29, 1.82) is 0 Å². The van der Waals surface area contributed by atoms with Gasteiger partial charge in [-0.3, -0.25) is 0 Å². The van der Waals surface area contributed by atoms with Gasteiger partial charge in [-0.25, -0.2) is 0 Å². The van der Waals surface area contributed by atoms with Crippen molar-refractivity contribution in [1.82, 2.24) is 0 Å². The van der Waals surface area contributed by atoms with Gasteiger partial charge < -0.3 is 4.74 Å². The minimum Gasteiger partial charge on any atom is -0.378 e. The largest absolute Gasteiger partial charge is 0.378 e. The topological polar surface area (TPSA) is 9.23 Å². The van der Waals surface area contributed by atoms with Gasteiger partial charge in [0.25, 0.3) is 0 Å². The first kappa shape index (κ1) is 39.1. The summed E-state index contributed by atoms with van der Waals surface area (Å²) in [4.78, 5) is 0. The van der Waals surface area contributed by atoms with Crippen molar-refractivity contribution in [2.75, 3.05) is 6.61 Å². The van der Waals surface area contributed by atoms with Crippen LogP contribution in [0.25, 0.3) is 0 Å². The lowest BCUT2D eigenvalue weighted by atomic mass is 9.61. The third-order valence-electron chi connectivity index (χ3n) is 13.0. The second kappa shape index (κ2) is 19.6. The fourth-order valence-corrected chi connectivity index (χ4v) is 10.0. The Balaban J connectivity index is 1.48. The van der Waals surface area contributed by atoms with Gasteiger partial charge in [-0.1, -0.05) is 159 Å². The van der Waals surface area contributed by atoms with E-state index in [4.69, 9.17) is 4.74 Å². The third-order valence-corrected chi connectivity index (χ3v) is 13.0. The van der Waals surface area contributed by atoms with E-state index in [2.05, 4.69) is 76.2 Å². The van der Waals surface area contributed by atoms with Crippen LogP contribution in [0.5, 0.6) is 0 Å². The normalized spacial score (nSPS) is 30.1. The van der Waals surface area contributed by atoms with E-state index >= 15 is 0 Å². The molecule has 0 bridgehead atoms. The average molecular weight is 603 g/mol. The maximum absolute atomic E-state index is 6.04. The van der Waals surface area contributed by atoms with Gasteiger partial charge in [0.2, 0.25) is 0 Å². The summed E-state index contributed by atoms with van der Waals surface area (Å²) in [7, 11) is 0. The first-order valence-corrected chi connectivity index (χ1v) is 19.9. The van der Waals surface area contributed by atoms with E-state index in [9.17, 15) is 0 Å². The van der Waals surface area contributed by atoms with Crippen molar-refractivity contribution < 1.29 is 4.74 Å². The highest BCUT2D eigenvalue weighted by molar-refractivity contribution is 4.91. The number of rotatable bonds is 21. The SMILES string of the molecule is CCO[C@@H]1CC(C)C(CCC(C)CCCC(C)CCCCC(C)CCCC(C)CCC2C(C)CCCC2(C)C)C(C)(C)C1. The predicted octanol–water partition coefficient (Wildman–Crippen LogP) is 13.9. The average Bonchev–Trinajstić information content (AvgIpc) is 2.89. The van der Waals surface area contributed by atoms with Crippen LogP contribution in [0.2, 0.25) is 0 Å². The zero-order chi connectivity index (χ0) is 32.0. The molecule has 0 heterocycles. The van der Waals surface area contributed by atoms with Gasteiger partial charge in [0.05, 0.1) is 6.10 Å². The highest BCUT2D eigenvalue weighted by Gasteiger charge is 2.41. The molecule has 8 unspecified atom stereocenters. The van der Waals surface area contributed by atoms with Crippen molar-refractivity contribution >= 4 is 0 Å². The summed E-state index contributed by atoms with van der Waals surface area (Å²) in [6, 6.07) is 0.